The van der Waals surface area contributed by atoms with E-state index in [-0.39, 0.29) is 0 Å². The lowest BCUT2D eigenvalue weighted by Gasteiger charge is -2.26. The lowest BCUT2D eigenvalue weighted by molar-refractivity contribution is -0.137. The Morgan fingerprint density at radius 3 is 2.72 bits per heavy atom. The third kappa shape index (κ3) is 4.68. The Morgan fingerprint density at radius 2 is 1.93 bits per heavy atom. The van der Waals surface area contributed by atoms with Crippen LogP contribution in [-0.4, -0.2) is 58.9 Å². The Morgan fingerprint density at radius 1 is 1.10 bits per heavy atom. The number of rotatable bonds is 6. The minimum Gasteiger partial charge on any atom is -0.379 e. The van der Waals surface area contributed by atoms with Gasteiger partial charge in [0.05, 0.1) is 30.7 Å². The number of halogens is 3. The van der Waals surface area contributed by atoms with E-state index in [1.54, 1.807) is 22.8 Å². The molecule has 29 heavy (non-hydrogen) atoms. The first kappa shape index (κ1) is 19.7. The maximum atomic E-state index is 13.0. The van der Waals surface area contributed by atoms with Crippen LogP contribution in [-0.2, 0) is 10.9 Å². The second-order valence-electron chi connectivity index (χ2n) is 6.94. The zero-order valence-electron chi connectivity index (χ0n) is 15.8. The molecule has 2 aromatic heterocycles. The van der Waals surface area contributed by atoms with Crippen LogP contribution in [0.3, 0.4) is 0 Å². The van der Waals surface area contributed by atoms with Gasteiger partial charge in [0, 0.05) is 25.2 Å². The smallest absolute Gasteiger partial charge is 0.379 e. The number of anilines is 1. The van der Waals surface area contributed by atoms with Crippen LogP contribution in [0.1, 0.15) is 12.0 Å². The van der Waals surface area contributed by atoms with Gasteiger partial charge in [0.15, 0.2) is 5.65 Å². The quantitative estimate of drug-likeness (QED) is 0.636. The van der Waals surface area contributed by atoms with Crippen LogP contribution >= 0.6 is 0 Å². The molecule has 1 aliphatic heterocycles. The summed E-state index contributed by atoms with van der Waals surface area (Å²) >= 11 is 0. The number of imidazole rings is 1. The number of benzene rings is 1. The van der Waals surface area contributed by atoms with Gasteiger partial charge in [-0.25, -0.2) is 9.50 Å². The molecule has 9 heteroatoms. The lowest BCUT2D eigenvalue weighted by atomic mass is 10.1. The molecule has 3 heterocycles. The summed E-state index contributed by atoms with van der Waals surface area (Å²) in [4.78, 5) is 6.62. The molecule has 3 aromatic rings. The molecule has 1 N–H and O–H groups in total. The molecule has 0 unspecified atom stereocenters. The molecule has 0 atom stereocenters. The van der Waals surface area contributed by atoms with Crippen LogP contribution in [0.25, 0.3) is 16.9 Å². The highest BCUT2D eigenvalue weighted by molar-refractivity contribution is 5.64. The van der Waals surface area contributed by atoms with Crippen molar-refractivity contribution in [3.05, 3.63) is 48.2 Å². The fourth-order valence-electron chi connectivity index (χ4n) is 3.36. The van der Waals surface area contributed by atoms with Gasteiger partial charge in [0.1, 0.15) is 5.82 Å². The first-order valence-corrected chi connectivity index (χ1v) is 9.57. The molecule has 0 spiro atoms. The van der Waals surface area contributed by atoms with Gasteiger partial charge in [-0.1, -0.05) is 12.1 Å². The van der Waals surface area contributed by atoms with Crippen molar-refractivity contribution in [1.29, 1.82) is 0 Å². The normalized spacial score (nSPS) is 15.7. The van der Waals surface area contributed by atoms with Crippen LogP contribution in [0.5, 0.6) is 0 Å². The standard InChI is InChI=1S/C20H22F3N5O/c21-20(22,23)16-4-1-3-15(13-16)17-14-25-19-6-5-18(26-28(17)19)24-7-2-8-27-9-11-29-12-10-27/h1,3-6,13-14H,2,7-12H2,(H,24,26). The summed E-state index contributed by atoms with van der Waals surface area (Å²) in [7, 11) is 0. The van der Waals surface area contributed by atoms with Crippen LogP contribution in [0.15, 0.2) is 42.6 Å². The summed E-state index contributed by atoms with van der Waals surface area (Å²) in [5, 5.41) is 7.80. The summed E-state index contributed by atoms with van der Waals surface area (Å²) in [6.07, 6.45) is -1.89. The zero-order chi connectivity index (χ0) is 20.3. The van der Waals surface area contributed by atoms with E-state index in [9.17, 15) is 13.2 Å². The molecule has 1 fully saturated rings. The molecule has 1 aromatic carbocycles. The average molecular weight is 405 g/mol. The second kappa shape index (κ2) is 8.38. The molecule has 1 saturated heterocycles. The van der Waals surface area contributed by atoms with Crippen molar-refractivity contribution in [2.45, 2.75) is 12.6 Å². The molecule has 0 bridgehead atoms. The SMILES string of the molecule is FC(F)(F)c1cccc(-c2cnc3ccc(NCCCN4CCOCC4)nn23)c1. The number of hydrogen-bond acceptors (Lipinski definition) is 5. The maximum Gasteiger partial charge on any atom is 0.416 e. The van der Waals surface area contributed by atoms with Gasteiger partial charge in [0.2, 0.25) is 0 Å². The minimum absolute atomic E-state index is 0.421. The number of alkyl halides is 3. The number of ether oxygens (including phenoxy) is 1. The summed E-state index contributed by atoms with van der Waals surface area (Å²) in [5.41, 5.74) is 0.825. The molecule has 0 aliphatic carbocycles. The molecular weight excluding hydrogens is 383 g/mol. The first-order chi connectivity index (χ1) is 14.0. The average Bonchev–Trinajstić information content (AvgIpc) is 3.15. The fraction of sp³-hybridized carbons (Fsp3) is 0.400. The Hall–Kier alpha value is -2.65. The summed E-state index contributed by atoms with van der Waals surface area (Å²) in [6, 6.07) is 8.82. The fourth-order valence-corrected chi connectivity index (χ4v) is 3.36. The van der Waals surface area contributed by atoms with Gasteiger partial charge >= 0.3 is 6.18 Å². The Bertz CT molecular complexity index is 966. The van der Waals surface area contributed by atoms with Crippen molar-refractivity contribution in [2.24, 2.45) is 0 Å². The van der Waals surface area contributed by atoms with Crippen LogP contribution in [0, 0.1) is 0 Å². The molecule has 0 radical (unpaired) electrons. The van der Waals surface area contributed by atoms with E-state index in [4.69, 9.17) is 4.74 Å². The van der Waals surface area contributed by atoms with Gasteiger partial charge in [0.25, 0.3) is 0 Å². The summed E-state index contributed by atoms with van der Waals surface area (Å²) in [5.74, 6) is 0.658. The summed E-state index contributed by atoms with van der Waals surface area (Å²) < 4.78 is 46.0. The first-order valence-electron chi connectivity index (χ1n) is 9.57. The van der Waals surface area contributed by atoms with E-state index in [0.29, 0.717) is 22.7 Å². The highest BCUT2D eigenvalue weighted by atomic mass is 19.4. The largest absolute Gasteiger partial charge is 0.416 e. The number of nitrogens with one attached hydrogen (secondary N) is 1. The summed E-state index contributed by atoms with van der Waals surface area (Å²) in [6.45, 7) is 5.22. The highest BCUT2D eigenvalue weighted by Crippen LogP contribution is 2.32. The number of aromatic nitrogens is 3. The highest BCUT2D eigenvalue weighted by Gasteiger charge is 2.30. The monoisotopic (exact) mass is 405 g/mol. The predicted octanol–water partition coefficient (Wildman–Crippen LogP) is 3.55. The Balaban J connectivity index is 1.46. The zero-order valence-corrected chi connectivity index (χ0v) is 15.8. The van der Waals surface area contributed by atoms with Crippen LogP contribution < -0.4 is 5.32 Å². The van der Waals surface area contributed by atoms with E-state index in [1.165, 1.54) is 6.07 Å². The maximum absolute atomic E-state index is 13.0. The number of nitrogens with zero attached hydrogens (tertiary/aromatic N) is 4. The van der Waals surface area contributed by atoms with Gasteiger partial charge < -0.3 is 10.1 Å². The van der Waals surface area contributed by atoms with Crippen molar-refractivity contribution in [2.75, 3.05) is 44.7 Å². The topological polar surface area (TPSA) is 54.7 Å². The van der Waals surface area contributed by atoms with E-state index in [2.05, 4.69) is 20.3 Å². The molecular formula is C20H22F3N5O. The van der Waals surface area contributed by atoms with Crippen molar-refractivity contribution < 1.29 is 17.9 Å². The van der Waals surface area contributed by atoms with E-state index in [1.807, 2.05) is 6.07 Å². The lowest BCUT2D eigenvalue weighted by Crippen LogP contribution is -2.37. The molecule has 4 rings (SSSR count). The molecule has 154 valence electrons. The third-order valence-electron chi connectivity index (χ3n) is 4.91. The van der Waals surface area contributed by atoms with Gasteiger partial charge in [-0.3, -0.25) is 4.90 Å². The molecule has 0 amide bonds. The van der Waals surface area contributed by atoms with Gasteiger partial charge in [-0.15, -0.1) is 5.10 Å². The third-order valence-corrected chi connectivity index (χ3v) is 4.91. The van der Waals surface area contributed by atoms with Crippen molar-refractivity contribution >= 4 is 11.5 Å². The number of fused-ring (bicyclic) bond motifs is 1. The Labute approximate surface area is 166 Å². The van der Waals surface area contributed by atoms with Crippen molar-refractivity contribution in [3.63, 3.8) is 0 Å². The molecule has 0 saturated carbocycles. The predicted molar refractivity (Wildman–Crippen MR) is 104 cm³/mol. The molecule has 6 nitrogen and oxygen atoms in total. The van der Waals surface area contributed by atoms with Crippen molar-refractivity contribution in [3.8, 4) is 11.3 Å². The second-order valence-corrected chi connectivity index (χ2v) is 6.94. The van der Waals surface area contributed by atoms with E-state index >= 15 is 0 Å². The van der Waals surface area contributed by atoms with Gasteiger partial charge in [-0.05, 0) is 37.2 Å². The van der Waals surface area contributed by atoms with Crippen LogP contribution in [0.2, 0.25) is 0 Å². The van der Waals surface area contributed by atoms with E-state index < -0.39 is 11.7 Å². The van der Waals surface area contributed by atoms with E-state index in [0.717, 1.165) is 57.9 Å². The minimum atomic E-state index is -4.39. The van der Waals surface area contributed by atoms with Gasteiger partial charge in [-0.2, -0.15) is 13.2 Å². The van der Waals surface area contributed by atoms with Crippen molar-refractivity contribution in [1.82, 2.24) is 19.5 Å². The van der Waals surface area contributed by atoms with Crippen LogP contribution in [0.4, 0.5) is 19.0 Å². The Kier molecular flexibility index (Phi) is 5.68. The molecule has 1 aliphatic rings. The number of hydrogen-bond donors (Lipinski definition) is 1. The number of morpholine rings is 1.